The summed E-state index contributed by atoms with van der Waals surface area (Å²) in [5, 5.41) is 6.94. The molecule has 0 bridgehead atoms. The van der Waals surface area contributed by atoms with Gasteiger partial charge in [0.05, 0.1) is 51.5 Å². The van der Waals surface area contributed by atoms with E-state index in [0.717, 1.165) is 18.4 Å². The fourth-order valence-corrected chi connectivity index (χ4v) is 4.87. The van der Waals surface area contributed by atoms with Gasteiger partial charge < -0.3 is 34.1 Å². The molecule has 2 N–H and O–H groups in total. The van der Waals surface area contributed by atoms with E-state index in [0.29, 0.717) is 59.2 Å². The van der Waals surface area contributed by atoms with E-state index in [9.17, 15) is 9.59 Å². The standard InChI is InChI=1S/C30H32N4O6/c1-37-23-12-19(13-24(15-23)38-2)16-31-21-14-25-26(33-29(35)20-8-5-4-6-9-20)27(30(36)39-3)34(28(25)32-17-21)18-22-10-7-11-40-22/h4-6,8-9,12-15,17,22,31H,7,10-11,16,18H2,1-3H3,(H,33,35). The fraction of sp³-hybridized carbons (Fsp3) is 0.300. The summed E-state index contributed by atoms with van der Waals surface area (Å²) in [5.41, 5.74) is 3.23. The van der Waals surface area contributed by atoms with Crippen molar-refractivity contribution in [2.24, 2.45) is 0 Å². The van der Waals surface area contributed by atoms with Crippen LogP contribution in [0, 0.1) is 0 Å². The molecule has 1 fully saturated rings. The van der Waals surface area contributed by atoms with Crippen LogP contribution in [0.25, 0.3) is 11.0 Å². The van der Waals surface area contributed by atoms with Crippen LogP contribution in [0.1, 0.15) is 39.3 Å². The molecule has 5 rings (SSSR count). The summed E-state index contributed by atoms with van der Waals surface area (Å²) in [4.78, 5) is 31.1. The zero-order valence-corrected chi connectivity index (χ0v) is 22.7. The molecular formula is C30H32N4O6. The monoisotopic (exact) mass is 544 g/mol. The van der Waals surface area contributed by atoms with Gasteiger partial charge >= 0.3 is 5.97 Å². The summed E-state index contributed by atoms with van der Waals surface area (Å²) in [6.45, 7) is 1.55. The Kier molecular flexibility index (Phi) is 8.16. The van der Waals surface area contributed by atoms with Gasteiger partial charge in [-0.05, 0) is 48.7 Å². The van der Waals surface area contributed by atoms with Gasteiger partial charge in [0.15, 0.2) is 5.69 Å². The Hall–Kier alpha value is -4.57. The lowest BCUT2D eigenvalue weighted by Gasteiger charge is -2.14. The highest BCUT2D eigenvalue weighted by Crippen LogP contribution is 2.34. The first-order valence-corrected chi connectivity index (χ1v) is 13.0. The number of hydrogen-bond acceptors (Lipinski definition) is 8. The first-order chi connectivity index (χ1) is 19.5. The highest BCUT2D eigenvalue weighted by Gasteiger charge is 2.29. The SMILES string of the molecule is COC(=O)c1c(NC(=O)c2ccccc2)c2cc(NCc3cc(OC)cc(OC)c3)cnc2n1CC1CCCO1. The van der Waals surface area contributed by atoms with Crippen LogP contribution >= 0.6 is 0 Å². The van der Waals surface area contributed by atoms with Crippen molar-refractivity contribution in [3.63, 3.8) is 0 Å². The molecule has 1 aliphatic heterocycles. The molecule has 0 saturated carbocycles. The van der Waals surface area contributed by atoms with Crippen molar-refractivity contribution in [2.75, 3.05) is 38.6 Å². The van der Waals surface area contributed by atoms with Crippen LogP contribution in [0.5, 0.6) is 11.5 Å². The number of ether oxygens (including phenoxy) is 4. The normalized spacial score (nSPS) is 14.6. The minimum absolute atomic E-state index is 0.0701. The minimum Gasteiger partial charge on any atom is -0.497 e. The fourth-order valence-electron chi connectivity index (χ4n) is 4.87. The van der Waals surface area contributed by atoms with E-state index >= 15 is 0 Å². The number of rotatable bonds is 10. The van der Waals surface area contributed by atoms with Crippen molar-refractivity contribution < 1.29 is 28.5 Å². The second-order valence-electron chi connectivity index (χ2n) is 9.45. The molecule has 2 aromatic heterocycles. The molecule has 40 heavy (non-hydrogen) atoms. The largest absolute Gasteiger partial charge is 0.497 e. The number of aromatic nitrogens is 2. The van der Waals surface area contributed by atoms with E-state index in [-0.39, 0.29) is 17.7 Å². The van der Waals surface area contributed by atoms with E-state index in [2.05, 4.69) is 10.6 Å². The number of methoxy groups -OCH3 is 3. The summed E-state index contributed by atoms with van der Waals surface area (Å²) in [6, 6.07) is 16.4. The van der Waals surface area contributed by atoms with E-state index in [1.807, 2.05) is 30.3 Å². The number of amides is 1. The van der Waals surface area contributed by atoms with E-state index < -0.39 is 5.97 Å². The number of benzene rings is 2. The molecule has 1 amide bonds. The molecule has 1 saturated heterocycles. The number of nitrogens with one attached hydrogen (secondary N) is 2. The Bertz CT molecular complexity index is 1490. The van der Waals surface area contributed by atoms with Gasteiger partial charge in [-0.2, -0.15) is 0 Å². The molecule has 4 aromatic rings. The Labute approximate surface area is 232 Å². The van der Waals surface area contributed by atoms with Gasteiger partial charge in [0, 0.05) is 30.2 Å². The van der Waals surface area contributed by atoms with Gasteiger partial charge in [-0.25, -0.2) is 9.78 Å². The van der Waals surface area contributed by atoms with Crippen molar-refractivity contribution in [3.05, 3.63) is 77.6 Å². The van der Waals surface area contributed by atoms with Crippen molar-refractivity contribution >= 4 is 34.3 Å². The van der Waals surface area contributed by atoms with Gasteiger partial charge in [0.25, 0.3) is 5.91 Å². The van der Waals surface area contributed by atoms with Crippen molar-refractivity contribution in [2.45, 2.75) is 32.0 Å². The molecule has 10 heteroatoms. The lowest BCUT2D eigenvalue weighted by molar-refractivity contribution is 0.0580. The van der Waals surface area contributed by atoms with Crippen molar-refractivity contribution in [1.82, 2.24) is 9.55 Å². The number of pyridine rings is 1. The average molecular weight is 545 g/mol. The minimum atomic E-state index is -0.572. The number of anilines is 2. The molecule has 2 aromatic carbocycles. The predicted octanol–water partition coefficient (Wildman–Crippen LogP) is 4.88. The lowest BCUT2D eigenvalue weighted by Crippen LogP contribution is -2.21. The number of nitrogens with zero attached hydrogens (tertiary/aromatic N) is 2. The molecule has 1 atom stereocenters. The van der Waals surface area contributed by atoms with Crippen LogP contribution < -0.4 is 20.1 Å². The Balaban J connectivity index is 1.55. The maximum atomic E-state index is 13.2. The smallest absolute Gasteiger partial charge is 0.356 e. The summed E-state index contributed by atoms with van der Waals surface area (Å²) in [7, 11) is 4.53. The molecule has 0 aliphatic carbocycles. The third-order valence-electron chi connectivity index (χ3n) is 6.87. The summed E-state index contributed by atoms with van der Waals surface area (Å²) in [5.74, 6) is 0.454. The molecular weight excluding hydrogens is 512 g/mol. The highest BCUT2D eigenvalue weighted by molar-refractivity contribution is 6.14. The Morgan fingerprint density at radius 3 is 2.45 bits per heavy atom. The van der Waals surface area contributed by atoms with Gasteiger partial charge in [0.2, 0.25) is 0 Å². The average Bonchev–Trinajstić information content (AvgIpc) is 3.62. The predicted molar refractivity (Wildman–Crippen MR) is 151 cm³/mol. The molecule has 0 spiro atoms. The van der Waals surface area contributed by atoms with Gasteiger partial charge in [-0.15, -0.1) is 0 Å². The summed E-state index contributed by atoms with van der Waals surface area (Å²) >= 11 is 0. The summed E-state index contributed by atoms with van der Waals surface area (Å²) in [6.07, 6.45) is 3.45. The maximum Gasteiger partial charge on any atom is 0.356 e. The van der Waals surface area contributed by atoms with E-state index in [1.54, 1.807) is 49.2 Å². The quantitative estimate of drug-likeness (QED) is 0.272. The topological polar surface area (TPSA) is 113 Å². The second-order valence-corrected chi connectivity index (χ2v) is 9.45. The third kappa shape index (κ3) is 5.72. The first-order valence-electron chi connectivity index (χ1n) is 13.0. The highest BCUT2D eigenvalue weighted by atomic mass is 16.5. The van der Waals surface area contributed by atoms with Gasteiger partial charge in [-0.1, -0.05) is 18.2 Å². The first kappa shape index (κ1) is 27.0. The number of carbonyl (C=O) groups is 2. The second kappa shape index (κ2) is 12.1. The number of fused-ring (bicyclic) bond motifs is 1. The van der Waals surface area contributed by atoms with E-state index in [4.69, 9.17) is 23.9 Å². The van der Waals surface area contributed by atoms with Crippen LogP contribution in [0.15, 0.2) is 60.8 Å². The molecule has 3 heterocycles. The van der Waals surface area contributed by atoms with Gasteiger partial charge in [-0.3, -0.25) is 4.79 Å². The van der Waals surface area contributed by atoms with Crippen LogP contribution in [-0.2, 0) is 22.6 Å². The zero-order chi connectivity index (χ0) is 28.1. The zero-order valence-electron chi connectivity index (χ0n) is 22.7. The number of esters is 1. The lowest BCUT2D eigenvalue weighted by atomic mass is 10.2. The van der Waals surface area contributed by atoms with Crippen molar-refractivity contribution in [3.8, 4) is 11.5 Å². The van der Waals surface area contributed by atoms with E-state index in [1.165, 1.54) is 7.11 Å². The van der Waals surface area contributed by atoms with Crippen LogP contribution in [0.4, 0.5) is 11.4 Å². The van der Waals surface area contributed by atoms with Crippen LogP contribution in [-0.4, -0.2) is 55.5 Å². The maximum absolute atomic E-state index is 13.2. The molecule has 1 unspecified atom stereocenters. The van der Waals surface area contributed by atoms with Crippen LogP contribution in [0.2, 0.25) is 0 Å². The molecule has 208 valence electrons. The van der Waals surface area contributed by atoms with Crippen molar-refractivity contribution in [1.29, 1.82) is 0 Å². The number of carbonyl (C=O) groups excluding carboxylic acids is 2. The Morgan fingerprint density at radius 2 is 1.80 bits per heavy atom. The van der Waals surface area contributed by atoms with Crippen LogP contribution in [0.3, 0.4) is 0 Å². The molecule has 0 radical (unpaired) electrons. The van der Waals surface area contributed by atoms with Gasteiger partial charge in [0.1, 0.15) is 17.1 Å². The number of hydrogen-bond donors (Lipinski definition) is 2. The summed E-state index contributed by atoms with van der Waals surface area (Å²) < 4.78 is 23.6. The third-order valence-corrected chi connectivity index (χ3v) is 6.87. The molecule has 1 aliphatic rings. The molecule has 10 nitrogen and oxygen atoms in total. The Morgan fingerprint density at radius 1 is 1.05 bits per heavy atom.